The van der Waals surface area contributed by atoms with Crippen molar-refractivity contribution in [2.24, 2.45) is 5.73 Å². The Hall–Kier alpha value is -4.55. The molecule has 0 amide bonds. The largest absolute Gasteiger partial charge is 0.494 e. The van der Waals surface area contributed by atoms with Crippen molar-refractivity contribution in [3.8, 4) is 11.8 Å². The minimum atomic E-state index is -0.668. The summed E-state index contributed by atoms with van der Waals surface area (Å²) in [4.78, 5) is 28.4. The summed E-state index contributed by atoms with van der Waals surface area (Å²) in [7, 11) is 0. The van der Waals surface area contributed by atoms with Gasteiger partial charge in [-0.1, -0.05) is 42.5 Å². The van der Waals surface area contributed by atoms with E-state index in [4.69, 9.17) is 10.5 Å². The topological polar surface area (TPSA) is 122 Å². The Labute approximate surface area is 236 Å². The van der Waals surface area contributed by atoms with Gasteiger partial charge < -0.3 is 10.5 Å². The molecule has 1 heterocycles. The van der Waals surface area contributed by atoms with Crippen LogP contribution < -0.4 is 15.4 Å². The lowest BCUT2D eigenvalue weighted by molar-refractivity contribution is -0.384. The summed E-state index contributed by atoms with van der Waals surface area (Å²) < 4.78 is 5.51. The van der Waals surface area contributed by atoms with E-state index in [2.05, 4.69) is 6.07 Å². The summed E-state index contributed by atoms with van der Waals surface area (Å²) in [6.45, 7) is 2.14. The van der Waals surface area contributed by atoms with Crippen LogP contribution in [0.2, 0.25) is 0 Å². The van der Waals surface area contributed by atoms with Crippen LogP contribution in [0.5, 0.6) is 5.75 Å². The number of hydrogen-bond acceptors (Lipinski definition) is 8. The summed E-state index contributed by atoms with van der Waals surface area (Å²) in [6, 6.07) is 24.3. The van der Waals surface area contributed by atoms with Crippen molar-refractivity contribution >= 4 is 28.9 Å². The number of thioether (sulfide) groups is 1. The van der Waals surface area contributed by atoms with Gasteiger partial charge in [-0.3, -0.25) is 19.8 Å². The molecule has 3 aromatic carbocycles. The van der Waals surface area contributed by atoms with Crippen LogP contribution >= 0.6 is 11.8 Å². The highest BCUT2D eigenvalue weighted by Crippen LogP contribution is 2.50. The van der Waals surface area contributed by atoms with Crippen LogP contribution in [0.15, 0.2) is 100 Å². The normalized spacial score (nSPS) is 18.8. The van der Waals surface area contributed by atoms with Gasteiger partial charge >= 0.3 is 0 Å². The number of ketones is 1. The molecule has 0 radical (unpaired) electrons. The number of ether oxygens (including phenoxy) is 1. The Morgan fingerprint density at radius 2 is 1.82 bits per heavy atom. The van der Waals surface area contributed by atoms with Gasteiger partial charge in [0, 0.05) is 22.6 Å². The van der Waals surface area contributed by atoms with Gasteiger partial charge in [0.15, 0.2) is 5.78 Å². The first-order valence-electron chi connectivity index (χ1n) is 12.9. The van der Waals surface area contributed by atoms with Gasteiger partial charge in [0.05, 0.1) is 35.2 Å². The van der Waals surface area contributed by atoms with Gasteiger partial charge in [-0.05, 0) is 60.9 Å². The van der Waals surface area contributed by atoms with Crippen molar-refractivity contribution in [1.29, 1.82) is 5.26 Å². The minimum absolute atomic E-state index is 0.0777. The van der Waals surface area contributed by atoms with Crippen molar-refractivity contribution in [3.63, 3.8) is 0 Å². The first kappa shape index (κ1) is 27.0. The number of carbonyl (C=O) groups excluding carboxylic acids is 1. The number of nitro groups is 1. The third-order valence-electron chi connectivity index (χ3n) is 7.38. The molecule has 2 atom stereocenters. The average Bonchev–Trinajstić information content (AvgIpc) is 2.97. The van der Waals surface area contributed by atoms with Crippen LogP contribution in [0.25, 0.3) is 0 Å². The molecular weight excluding hydrogens is 524 g/mol. The second-order valence-electron chi connectivity index (χ2n) is 9.59. The lowest BCUT2D eigenvalue weighted by atomic mass is 9.72. The molecule has 2 aliphatic rings. The van der Waals surface area contributed by atoms with Crippen LogP contribution in [0.4, 0.5) is 11.4 Å². The predicted octanol–water partition coefficient (Wildman–Crippen LogP) is 6.41. The predicted molar refractivity (Wildman–Crippen MR) is 155 cm³/mol. The van der Waals surface area contributed by atoms with Crippen LogP contribution in [0, 0.1) is 21.4 Å². The van der Waals surface area contributed by atoms with Gasteiger partial charge in [0.1, 0.15) is 17.3 Å². The summed E-state index contributed by atoms with van der Waals surface area (Å²) >= 11 is 1.60. The van der Waals surface area contributed by atoms with Crippen molar-refractivity contribution < 1.29 is 14.5 Å². The van der Waals surface area contributed by atoms with Gasteiger partial charge in [0.2, 0.25) is 0 Å². The highest BCUT2D eigenvalue weighted by atomic mass is 32.2. The molecule has 5 rings (SSSR count). The summed E-state index contributed by atoms with van der Waals surface area (Å²) in [6.07, 6.45) is 2.67. The summed E-state index contributed by atoms with van der Waals surface area (Å²) in [5.41, 5.74) is 9.68. The lowest BCUT2D eigenvalue weighted by Crippen LogP contribution is -2.40. The second-order valence-corrected chi connectivity index (χ2v) is 10.5. The third kappa shape index (κ3) is 4.82. The fourth-order valence-electron chi connectivity index (χ4n) is 5.59. The second kappa shape index (κ2) is 11.3. The Morgan fingerprint density at radius 3 is 2.45 bits per heavy atom. The number of carbonyl (C=O) groups is 1. The zero-order valence-electron chi connectivity index (χ0n) is 22.2. The van der Waals surface area contributed by atoms with E-state index in [9.17, 15) is 20.2 Å². The minimum Gasteiger partial charge on any atom is -0.494 e. The number of nitrogens with zero attached hydrogens (tertiary/aromatic N) is 3. The third-order valence-corrected chi connectivity index (χ3v) is 8.13. The van der Waals surface area contributed by atoms with Crippen molar-refractivity contribution in [3.05, 3.63) is 117 Å². The molecule has 202 valence electrons. The van der Waals surface area contributed by atoms with Gasteiger partial charge in [0.25, 0.3) is 5.69 Å². The van der Waals surface area contributed by atoms with Crippen molar-refractivity contribution in [2.45, 2.75) is 36.5 Å². The number of anilines is 1. The van der Waals surface area contributed by atoms with E-state index in [1.807, 2.05) is 60.9 Å². The molecule has 1 aliphatic carbocycles. The monoisotopic (exact) mass is 552 g/mol. The number of nitrogens with two attached hydrogens (primary N) is 1. The fraction of sp³-hybridized carbons (Fsp3) is 0.226. The fourth-order valence-corrected chi connectivity index (χ4v) is 6.00. The van der Waals surface area contributed by atoms with Gasteiger partial charge in [-0.15, -0.1) is 11.8 Å². The Balaban J connectivity index is 1.75. The maximum absolute atomic E-state index is 14.0. The first-order chi connectivity index (χ1) is 19.4. The number of nitro benzene ring substituents is 1. The number of Topliss-reactive ketones (excluding diaryl/α,β-unsaturated/α-hetero) is 1. The first-order valence-corrected chi connectivity index (χ1v) is 14.2. The SMILES string of the molecule is CCOc1ccc(N2C(N)=C(C#N)[C@H](c3ccc(SC)cc3)C3=C2C[C@@H](c2ccccc2)CC3=O)c([N+](=O)[O-])c1. The number of hydrogen-bond donors (Lipinski definition) is 1. The average molecular weight is 553 g/mol. The molecule has 0 saturated carbocycles. The van der Waals surface area contributed by atoms with E-state index >= 15 is 0 Å². The molecule has 0 aromatic heterocycles. The Kier molecular flexibility index (Phi) is 7.63. The molecule has 1 aliphatic heterocycles. The van der Waals surface area contributed by atoms with E-state index < -0.39 is 10.8 Å². The highest BCUT2D eigenvalue weighted by Gasteiger charge is 2.44. The molecule has 40 heavy (non-hydrogen) atoms. The molecule has 8 nitrogen and oxygen atoms in total. The van der Waals surface area contributed by atoms with Gasteiger partial charge in [-0.2, -0.15) is 5.26 Å². The van der Waals surface area contributed by atoms with Crippen LogP contribution in [-0.2, 0) is 4.79 Å². The zero-order chi connectivity index (χ0) is 28.4. The maximum Gasteiger partial charge on any atom is 0.296 e. The number of allylic oxidation sites excluding steroid dienone is 3. The smallest absolute Gasteiger partial charge is 0.296 e. The van der Waals surface area contributed by atoms with Crippen LogP contribution in [0.3, 0.4) is 0 Å². The molecule has 0 bridgehead atoms. The Bertz CT molecular complexity index is 1580. The number of rotatable bonds is 7. The Morgan fingerprint density at radius 1 is 1.10 bits per heavy atom. The molecule has 3 aromatic rings. The molecule has 0 saturated heterocycles. The summed E-state index contributed by atoms with van der Waals surface area (Å²) in [5, 5.41) is 22.6. The summed E-state index contributed by atoms with van der Waals surface area (Å²) in [5.74, 6) is -0.492. The van der Waals surface area contributed by atoms with E-state index in [0.29, 0.717) is 30.0 Å². The van der Waals surface area contributed by atoms with Crippen molar-refractivity contribution in [2.75, 3.05) is 17.8 Å². The van der Waals surface area contributed by atoms with Crippen molar-refractivity contribution in [1.82, 2.24) is 0 Å². The van der Waals surface area contributed by atoms with E-state index in [0.717, 1.165) is 16.0 Å². The molecular formula is C31H28N4O4S. The van der Waals surface area contributed by atoms with E-state index in [1.165, 1.54) is 6.07 Å². The molecule has 2 N–H and O–H groups in total. The highest BCUT2D eigenvalue weighted by molar-refractivity contribution is 7.98. The number of nitriles is 1. The molecule has 0 fully saturated rings. The molecule has 0 spiro atoms. The molecule has 9 heteroatoms. The standard InChI is InChI=1S/C31H28N4O4S/c1-3-39-22-11-14-25(26(17-22)35(37)38)34-27-15-21(19-7-5-4-6-8-19)16-28(36)30(27)29(24(18-32)31(34)33)20-9-12-23(40-2)13-10-20/h4-14,17,21,29H,3,15-16,33H2,1-2H3/t21-,29+/m1/s1. The van der Waals surface area contributed by atoms with E-state index in [-0.39, 0.29) is 40.9 Å². The van der Waals surface area contributed by atoms with Gasteiger partial charge in [-0.25, -0.2) is 0 Å². The van der Waals surface area contributed by atoms with E-state index in [1.54, 1.807) is 35.7 Å². The maximum atomic E-state index is 14.0. The van der Waals surface area contributed by atoms with Crippen LogP contribution in [-0.4, -0.2) is 23.6 Å². The molecule has 0 unspecified atom stereocenters. The zero-order valence-corrected chi connectivity index (χ0v) is 23.0. The van der Waals surface area contributed by atoms with Crippen LogP contribution in [0.1, 0.15) is 42.7 Å². The quantitative estimate of drug-likeness (QED) is 0.203. The number of benzene rings is 3. The lowest BCUT2D eigenvalue weighted by Gasteiger charge is -2.41.